The van der Waals surface area contributed by atoms with E-state index in [0.29, 0.717) is 19.5 Å². The van der Waals surface area contributed by atoms with Crippen LogP contribution in [0.3, 0.4) is 0 Å². The predicted molar refractivity (Wildman–Crippen MR) is 87.1 cm³/mol. The van der Waals surface area contributed by atoms with Crippen molar-refractivity contribution in [3.63, 3.8) is 0 Å². The molecule has 2 fully saturated rings. The largest absolute Gasteiger partial charge is 0.342 e. The smallest absolute Gasteiger partial charge is 0.228 e. The molecule has 0 spiro atoms. The van der Waals surface area contributed by atoms with Crippen LogP contribution in [0, 0.1) is 11.3 Å². The average molecular weight is 309 g/mol. The Kier molecular flexibility index (Phi) is 5.15. The Bertz CT molecular complexity index is 432. The molecule has 2 aliphatic rings. The fraction of sp³-hybridized carbons (Fsp3) is 0.882. The molecule has 0 radical (unpaired) electrons. The van der Waals surface area contributed by atoms with Gasteiger partial charge in [0.1, 0.15) is 0 Å². The summed E-state index contributed by atoms with van der Waals surface area (Å²) in [5.74, 6) is 0.111. The van der Waals surface area contributed by atoms with Crippen molar-refractivity contribution in [3.05, 3.63) is 0 Å². The van der Waals surface area contributed by atoms with Crippen molar-refractivity contribution in [1.29, 1.82) is 0 Å². The monoisotopic (exact) mass is 309 g/mol. The van der Waals surface area contributed by atoms with E-state index >= 15 is 0 Å². The van der Waals surface area contributed by atoms with Crippen molar-refractivity contribution in [2.75, 3.05) is 19.6 Å². The van der Waals surface area contributed by atoms with Gasteiger partial charge in [-0.15, -0.1) is 0 Å². The lowest BCUT2D eigenvalue weighted by molar-refractivity contribution is -0.139. The third kappa shape index (κ3) is 3.29. The van der Waals surface area contributed by atoms with Crippen LogP contribution in [0.25, 0.3) is 0 Å². The summed E-state index contributed by atoms with van der Waals surface area (Å²) in [4.78, 5) is 28.9. The first-order valence-electron chi connectivity index (χ1n) is 8.64. The Morgan fingerprint density at radius 1 is 1.36 bits per heavy atom. The number of nitrogens with two attached hydrogens (primary N) is 1. The fourth-order valence-corrected chi connectivity index (χ4v) is 3.80. The van der Waals surface area contributed by atoms with Crippen LogP contribution in [0.1, 0.15) is 53.4 Å². The van der Waals surface area contributed by atoms with Gasteiger partial charge in [-0.05, 0) is 24.7 Å². The van der Waals surface area contributed by atoms with E-state index in [2.05, 4.69) is 27.7 Å². The number of nitrogens with zero attached hydrogens (tertiary/aromatic N) is 2. The SMILES string of the molecule is CCC(CC)N1CC(C(=O)N2CCC(N)C(C)(C)C2)CC1=O. The first kappa shape index (κ1) is 17.3. The minimum absolute atomic E-state index is 0.0500. The number of piperidine rings is 1. The molecular weight excluding hydrogens is 278 g/mol. The second-order valence-electron chi connectivity index (χ2n) is 7.56. The molecule has 2 N–H and O–H groups in total. The van der Waals surface area contributed by atoms with Gasteiger partial charge in [-0.3, -0.25) is 9.59 Å². The van der Waals surface area contributed by atoms with Gasteiger partial charge in [-0.1, -0.05) is 27.7 Å². The zero-order valence-electron chi connectivity index (χ0n) is 14.5. The average Bonchev–Trinajstić information content (AvgIpc) is 2.85. The van der Waals surface area contributed by atoms with Crippen molar-refractivity contribution in [3.8, 4) is 0 Å². The quantitative estimate of drug-likeness (QED) is 0.858. The van der Waals surface area contributed by atoms with Gasteiger partial charge in [0, 0.05) is 38.1 Å². The van der Waals surface area contributed by atoms with E-state index in [4.69, 9.17) is 5.73 Å². The molecule has 2 amide bonds. The van der Waals surface area contributed by atoms with Crippen LogP contribution < -0.4 is 5.73 Å². The standard InChI is InChI=1S/C17H31N3O2/c1-5-13(6-2)20-10-12(9-15(20)21)16(22)19-8-7-14(18)17(3,4)11-19/h12-14H,5-11,18H2,1-4H3. The Morgan fingerprint density at radius 2 is 2.00 bits per heavy atom. The summed E-state index contributed by atoms with van der Waals surface area (Å²) in [6.07, 6.45) is 3.12. The topological polar surface area (TPSA) is 66.6 Å². The number of carbonyl (C=O) groups is 2. The second kappa shape index (κ2) is 6.57. The molecular formula is C17H31N3O2. The summed E-state index contributed by atoms with van der Waals surface area (Å²) >= 11 is 0. The normalized spacial score (nSPS) is 28.5. The van der Waals surface area contributed by atoms with Crippen LogP contribution in [0.2, 0.25) is 0 Å². The lowest BCUT2D eigenvalue weighted by Crippen LogP contribution is -2.55. The molecule has 0 bridgehead atoms. The molecule has 2 aliphatic heterocycles. The van der Waals surface area contributed by atoms with Crippen molar-refractivity contribution in [2.45, 2.75) is 65.5 Å². The molecule has 0 aromatic carbocycles. The molecule has 2 unspecified atom stereocenters. The van der Waals surface area contributed by atoms with E-state index in [-0.39, 0.29) is 35.2 Å². The van der Waals surface area contributed by atoms with Gasteiger partial charge in [-0.2, -0.15) is 0 Å². The van der Waals surface area contributed by atoms with Crippen LogP contribution >= 0.6 is 0 Å². The molecule has 5 nitrogen and oxygen atoms in total. The maximum absolute atomic E-state index is 12.8. The van der Waals surface area contributed by atoms with Crippen LogP contribution in [-0.2, 0) is 9.59 Å². The Balaban J connectivity index is 2.01. The summed E-state index contributed by atoms with van der Waals surface area (Å²) in [6, 6.07) is 0.416. The molecule has 0 saturated carbocycles. The van der Waals surface area contributed by atoms with E-state index in [1.807, 2.05) is 9.80 Å². The molecule has 0 aromatic rings. The molecule has 0 aromatic heterocycles. The van der Waals surface area contributed by atoms with Gasteiger partial charge in [0.05, 0.1) is 5.92 Å². The van der Waals surface area contributed by atoms with Crippen LogP contribution in [-0.4, -0.2) is 53.3 Å². The van der Waals surface area contributed by atoms with Gasteiger partial charge >= 0.3 is 0 Å². The number of amides is 2. The Labute approximate surface area is 134 Å². The number of hydrogen-bond donors (Lipinski definition) is 1. The van der Waals surface area contributed by atoms with Crippen molar-refractivity contribution >= 4 is 11.8 Å². The number of carbonyl (C=O) groups excluding carboxylic acids is 2. The van der Waals surface area contributed by atoms with Gasteiger partial charge in [0.15, 0.2) is 0 Å². The van der Waals surface area contributed by atoms with E-state index in [9.17, 15) is 9.59 Å². The summed E-state index contributed by atoms with van der Waals surface area (Å²) in [5.41, 5.74) is 6.10. The second-order valence-corrected chi connectivity index (χ2v) is 7.56. The minimum atomic E-state index is -0.168. The molecule has 126 valence electrons. The number of hydrogen-bond acceptors (Lipinski definition) is 3. The lowest BCUT2D eigenvalue weighted by atomic mass is 9.79. The highest BCUT2D eigenvalue weighted by atomic mass is 16.2. The minimum Gasteiger partial charge on any atom is -0.342 e. The highest BCUT2D eigenvalue weighted by Gasteiger charge is 2.42. The molecule has 5 heteroatoms. The van der Waals surface area contributed by atoms with Crippen molar-refractivity contribution in [2.24, 2.45) is 17.1 Å². The highest BCUT2D eigenvalue weighted by Crippen LogP contribution is 2.31. The van der Waals surface area contributed by atoms with Crippen molar-refractivity contribution < 1.29 is 9.59 Å². The van der Waals surface area contributed by atoms with E-state index in [1.54, 1.807) is 0 Å². The zero-order valence-corrected chi connectivity index (χ0v) is 14.5. The third-order valence-electron chi connectivity index (χ3n) is 5.51. The van der Waals surface area contributed by atoms with Crippen LogP contribution in [0.15, 0.2) is 0 Å². The summed E-state index contributed by atoms with van der Waals surface area (Å²) in [7, 11) is 0. The Hall–Kier alpha value is -1.10. The molecule has 0 aliphatic carbocycles. The summed E-state index contributed by atoms with van der Waals surface area (Å²) in [5, 5.41) is 0. The van der Waals surface area contributed by atoms with Gasteiger partial charge in [0.25, 0.3) is 0 Å². The molecule has 22 heavy (non-hydrogen) atoms. The number of likely N-dealkylation sites (tertiary alicyclic amines) is 2. The Morgan fingerprint density at radius 3 is 2.55 bits per heavy atom. The maximum Gasteiger partial charge on any atom is 0.228 e. The zero-order chi connectivity index (χ0) is 16.5. The molecule has 2 atom stereocenters. The van der Waals surface area contributed by atoms with Crippen molar-refractivity contribution in [1.82, 2.24) is 9.80 Å². The summed E-state index contributed by atoms with van der Waals surface area (Å²) in [6.45, 7) is 10.5. The number of rotatable bonds is 4. The lowest BCUT2D eigenvalue weighted by Gasteiger charge is -2.43. The molecule has 2 saturated heterocycles. The van der Waals surface area contributed by atoms with Gasteiger partial charge in [-0.25, -0.2) is 0 Å². The summed E-state index contributed by atoms with van der Waals surface area (Å²) < 4.78 is 0. The highest BCUT2D eigenvalue weighted by molar-refractivity contribution is 5.89. The first-order valence-corrected chi connectivity index (χ1v) is 8.64. The molecule has 2 heterocycles. The predicted octanol–water partition coefficient (Wildman–Crippen LogP) is 1.61. The third-order valence-corrected chi connectivity index (χ3v) is 5.51. The maximum atomic E-state index is 12.8. The molecule has 2 rings (SSSR count). The first-order chi connectivity index (χ1) is 10.3. The van der Waals surface area contributed by atoms with E-state index < -0.39 is 0 Å². The van der Waals surface area contributed by atoms with E-state index in [1.165, 1.54) is 0 Å². The van der Waals surface area contributed by atoms with E-state index in [0.717, 1.165) is 25.8 Å². The van der Waals surface area contributed by atoms with Crippen LogP contribution in [0.5, 0.6) is 0 Å². The fourth-order valence-electron chi connectivity index (χ4n) is 3.80. The van der Waals surface area contributed by atoms with Gasteiger partial charge < -0.3 is 15.5 Å². The van der Waals surface area contributed by atoms with Crippen LogP contribution in [0.4, 0.5) is 0 Å². The van der Waals surface area contributed by atoms with Gasteiger partial charge in [0.2, 0.25) is 11.8 Å².